The van der Waals surface area contributed by atoms with Crippen LogP contribution in [0.4, 0.5) is 14.9 Å². The molecule has 2 N–H and O–H groups in total. The van der Waals surface area contributed by atoms with Gasteiger partial charge in [0, 0.05) is 6.54 Å². The monoisotopic (exact) mass is 302 g/mol. The van der Waals surface area contributed by atoms with Crippen molar-refractivity contribution in [2.75, 3.05) is 18.4 Å². The summed E-state index contributed by atoms with van der Waals surface area (Å²) in [5.74, 6) is -1.56. The van der Waals surface area contributed by atoms with E-state index < -0.39 is 24.4 Å². The summed E-state index contributed by atoms with van der Waals surface area (Å²) in [4.78, 5) is 23.9. The number of rotatable bonds is 5. The summed E-state index contributed by atoms with van der Waals surface area (Å²) in [6.45, 7) is 3.55. The van der Waals surface area contributed by atoms with Crippen molar-refractivity contribution in [3.63, 3.8) is 0 Å². The predicted molar refractivity (Wildman–Crippen MR) is 74.5 cm³/mol. The molecule has 1 aromatic carbocycles. The van der Waals surface area contributed by atoms with Crippen LogP contribution >= 0.6 is 11.6 Å². The molecule has 0 aliphatic heterocycles. The van der Waals surface area contributed by atoms with E-state index in [9.17, 15) is 14.0 Å². The van der Waals surface area contributed by atoms with Crippen molar-refractivity contribution in [2.24, 2.45) is 5.92 Å². The second-order valence-electron chi connectivity index (χ2n) is 4.72. The Morgan fingerprint density at radius 3 is 2.65 bits per heavy atom. The zero-order valence-corrected chi connectivity index (χ0v) is 11.9. The Bertz CT molecular complexity index is 508. The first-order valence-corrected chi connectivity index (χ1v) is 6.40. The van der Waals surface area contributed by atoms with Gasteiger partial charge in [-0.3, -0.25) is 4.79 Å². The zero-order chi connectivity index (χ0) is 15.3. The number of amides is 2. The number of halogens is 2. The number of anilines is 1. The average Bonchev–Trinajstić information content (AvgIpc) is 2.31. The van der Waals surface area contributed by atoms with Gasteiger partial charge in [0.1, 0.15) is 12.4 Å². The highest BCUT2D eigenvalue weighted by Gasteiger charge is 2.19. The maximum absolute atomic E-state index is 13.1. The maximum Gasteiger partial charge on any atom is 0.323 e. The number of aliphatic carboxylic acids is 1. The first kappa shape index (κ1) is 16.2. The lowest BCUT2D eigenvalue weighted by molar-refractivity contribution is -0.137. The van der Waals surface area contributed by atoms with Crippen molar-refractivity contribution in [3.05, 3.63) is 29.0 Å². The van der Waals surface area contributed by atoms with Crippen LogP contribution in [0.3, 0.4) is 0 Å². The summed E-state index contributed by atoms with van der Waals surface area (Å²) in [6.07, 6.45) is 0. The standard InChI is InChI=1S/C13H16ClFN2O3/c1-8(2)6-17(7-12(18)19)13(20)16-11-5-9(15)3-4-10(11)14/h3-5,8H,6-7H2,1-2H3,(H,16,20)(H,18,19). The van der Waals surface area contributed by atoms with Gasteiger partial charge in [-0.05, 0) is 24.1 Å². The molecule has 0 aliphatic carbocycles. The van der Waals surface area contributed by atoms with Gasteiger partial charge in [-0.1, -0.05) is 25.4 Å². The predicted octanol–water partition coefficient (Wildman–Crippen LogP) is 3.05. The minimum Gasteiger partial charge on any atom is -0.480 e. The Kier molecular flexibility index (Phi) is 5.76. The summed E-state index contributed by atoms with van der Waals surface area (Å²) in [7, 11) is 0. The van der Waals surface area contributed by atoms with Crippen molar-refractivity contribution >= 4 is 29.3 Å². The Morgan fingerprint density at radius 2 is 2.10 bits per heavy atom. The Hall–Kier alpha value is -1.82. The van der Waals surface area contributed by atoms with E-state index in [0.29, 0.717) is 0 Å². The van der Waals surface area contributed by atoms with E-state index in [0.717, 1.165) is 11.0 Å². The van der Waals surface area contributed by atoms with E-state index in [-0.39, 0.29) is 23.2 Å². The third kappa shape index (κ3) is 5.05. The van der Waals surface area contributed by atoms with Crippen LogP contribution in [-0.2, 0) is 4.79 Å². The molecular weight excluding hydrogens is 287 g/mol. The van der Waals surface area contributed by atoms with Crippen LogP contribution in [0, 0.1) is 11.7 Å². The highest BCUT2D eigenvalue weighted by Crippen LogP contribution is 2.22. The molecular formula is C13H16ClFN2O3. The molecule has 0 spiro atoms. The highest BCUT2D eigenvalue weighted by molar-refractivity contribution is 6.33. The number of urea groups is 1. The zero-order valence-electron chi connectivity index (χ0n) is 11.2. The van der Waals surface area contributed by atoms with E-state index in [4.69, 9.17) is 16.7 Å². The topological polar surface area (TPSA) is 69.6 Å². The molecule has 0 aliphatic rings. The molecule has 0 bridgehead atoms. The molecule has 0 unspecified atom stereocenters. The van der Waals surface area contributed by atoms with Crippen molar-refractivity contribution in [2.45, 2.75) is 13.8 Å². The van der Waals surface area contributed by atoms with Gasteiger partial charge in [0.15, 0.2) is 0 Å². The summed E-state index contributed by atoms with van der Waals surface area (Å²) >= 11 is 5.84. The van der Waals surface area contributed by atoms with E-state index >= 15 is 0 Å². The number of nitrogens with one attached hydrogen (secondary N) is 1. The average molecular weight is 303 g/mol. The molecule has 0 radical (unpaired) electrons. The van der Waals surface area contributed by atoms with Gasteiger partial charge in [0.05, 0.1) is 10.7 Å². The van der Waals surface area contributed by atoms with Crippen LogP contribution < -0.4 is 5.32 Å². The second-order valence-corrected chi connectivity index (χ2v) is 5.13. The summed E-state index contributed by atoms with van der Waals surface area (Å²) < 4.78 is 13.1. The summed E-state index contributed by atoms with van der Waals surface area (Å²) in [6, 6.07) is 2.93. The van der Waals surface area contributed by atoms with Crippen LogP contribution in [0.1, 0.15) is 13.8 Å². The number of carbonyl (C=O) groups is 2. The molecule has 110 valence electrons. The van der Waals surface area contributed by atoms with Gasteiger partial charge >= 0.3 is 12.0 Å². The molecule has 0 atom stereocenters. The van der Waals surface area contributed by atoms with Gasteiger partial charge in [0.2, 0.25) is 0 Å². The second kappa shape index (κ2) is 7.09. The maximum atomic E-state index is 13.1. The van der Waals surface area contributed by atoms with Crippen LogP contribution in [-0.4, -0.2) is 35.1 Å². The molecule has 0 aromatic heterocycles. The molecule has 0 saturated heterocycles. The fraction of sp³-hybridized carbons (Fsp3) is 0.385. The van der Waals surface area contributed by atoms with E-state index in [1.54, 1.807) is 0 Å². The number of hydrogen-bond acceptors (Lipinski definition) is 2. The Morgan fingerprint density at radius 1 is 1.45 bits per heavy atom. The largest absolute Gasteiger partial charge is 0.480 e. The van der Waals surface area contributed by atoms with Crippen molar-refractivity contribution in [1.82, 2.24) is 4.90 Å². The summed E-state index contributed by atoms with van der Waals surface area (Å²) in [5.41, 5.74) is 0.107. The molecule has 2 amide bonds. The quantitative estimate of drug-likeness (QED) is 0.878. The van der Waals surface area contributed by atoms with E-state index in [2.05, 4.69) is 5.32 Å². The molecule has 0 fully saturated rings. The highest BCUT2D eigenvalue weighted by atomic mass is 35.5. The third-order valence-electron chi connectivity index (χ3n) is 2.37. The Labute approximate surface area is 121 Å². The number of carboxylic acids is 1. The van der Waals surface area contributed by atoms with E-state index in [1.807, 2.05) is 13.8 Å². The molecule has 1 rings (SSSR count). The normalized spacial score (nSPS) is 10.4. The van der Waals surface area contributed by atoms with Gasteiger partial charge in [0.25, 0.3) is 0 Å². The molecule has 0 heterocycles. The Balaban J connectivity index is 2.84. The fourth-order valence-corrected chi connectivity index (χ4v) is 1.78. The fourth-order valence-electron chi connectivity index (χ4n) is 1.61. The van der Waals surface area contributed by atoms with Crippen LogP contribution in [0.15, 0.2) is 18.2 Å². The van der Waals surface area contributed by atoms with Crippen LogP contribution in [0.25, 0.3) is 0 Å². The minimum absolute atomic E-state index is 0.100. The lowest BCUT2D eigenvalue weighted by Gasteiger charge is -2.23. The van der Waals surface area contributed by atoms with Gasteiger partial charge in [-0.15, -0.1) is 0 Å². The molecule has 5 nitrogen and oxygen atoms in total. The van der Waals surface area contributed by atoms with Crippen molar-refractivity contribution in [1.29, 1.82) is 0 Å². The SMILES string of the molecule is CC(C)CN(CC(=O)O)C(=O)Nc1cc(F)ccc1Cl. The first-order chi connectivity index (χ1) is 9.29. The number of hydrogen-bond donors (Lipinski definition) is 2. The van der Waals surface area contributed by atoms with Crippen molar-refractivity contribution in [3.8, 4) is 0 Å². The summed E-state index contributed by atoms with van der Waals surface area (Å²) in [5, 5.41) is 11.4. The van der Waals surface area contributed by atoms with Crippen molar-refractivity contribution < 1.29 is 19.1 Å². The smallest absolute Gasteiger partial charge is 0.323 e. The van der Waals surface area contributed by atoms with Gasteiger partial charge in [-0.2, -0.15) is 0 Å². The van der Waals surface area contributed by atoms with Gasteiger partial charge < -0.3 is 15.3 Å². The van der Waals surface area contributed by atoms with Gasteiger partial charge in [-0.25, -0.2) is 9.18 Å². The van der Waals surface area contributed by atoms with Crippen LogP contribution in [0.2, 0.25) is 5.02 Å². The molecule has 1 aromatic rings. The first-order valence-electron chi connectivity index (χ1n) is 6.02. The van der Waals surface area contributed by atoms with E-state index in [1.165, 1.54) is 12.1 Å². The lowest BCUT2D eigenvalue weighted by atomic mass is 10.2. The van der Waals surface area contributed by atoms with Crippen LogP contribution in [0.5, 0.6) is 0 Å². The molecule has 0 saturated carbocycles. The molecule has 20 heavy (non-hydrogen) atoms. The number of carboxylic acid groups (broad SMARTS) is 1. The third-order valence-corrected chi connectivity index (χ3v) is 2.70. The lowest BCUT2D eigenvalue weighted by Crippen LogP contribution is -2.41. The number of carbonyl (C=O) groups excluding carboxylic acids is 1. The molecule has 7 heteroatoms. The number of benzene rings is 1. The number of nitrogens with zero attached hydrogens (tertiary/aromatic N) is 1. The minimum atomic E-state index is -1.12.